The molecule has 3 rings (SSSR count). The minimum Gasteiger partial charge on any atom is -0.347 e. The number of carbonyl (C=O) groups excluding carboxylic acids is 1. The Morgan fingerprint density at radius 1 is 1.16 bits per heavy atom. The molecule has 1 N–H and O–H groups in total. The van der Waals surface area contributed by atoms with Crippen LogP contribution in [0.25, 0.3) is 11.4 Å². The molecule has 2 aromatic carbocycles. The van der Waals surface area contributed by atoms with E-state index < -0.39 is 0 Å². The summed E-state index contributed by atoms with van der Waals surface area (Å²) in [5.74, 6) is 0.743. The number of aromatic nitrogens is 2. The fraction of sp³-hybridized carbons (Fsp3) is 0.211. The molecule has 0 unspecified atom stereocenters. The zero-order valence-corrected chi connectivity index (χ0v) is 14.8. The molecule has 0 aliphatic carbocycles. The molecule has 5 nitrogen and oxygen atoms in total. The van der Waals surface area contributed by atoms with Crippen LogP contribution in [0, 0.1) is 13.8 Å². The second kappa shape index (κ2) is 7.49. The van der Waals surface area contributed by atoms with E-state index >= 15 is 0 Å². The van der Waals surface area contributed by atoms with Gasteiger partial charge in [0.25, 0.3) is 0 Å². The highest BCUT2D eigenvalue weighted by molar-refractivity contribution is 6.30. The lowest BCUT2D eigenvalue weighted by Gasteiger charge is -2.06. The van der Waals surface area contributed by atoms with E-state index in [1.165, 1.54) is 5.56 Å². The molecule has 0 spiro atoms. The Kier molecular flexibility index (Phi) is 5.14. The second-order valence-electron chi connectivity index (χ2n) is 5.90. The number of nitrogens with one attached hydrogen (secondary N) is 1. The van der Waals surface area contributed by atoms with Crippen molar-refractivity contribution in [1.29, 1.82) is 0 Å². The van der Waals surface area contributed by atoms with Gasteiger partial charge >= 0.3 is 0 Å². The van der Waals surface area contributed by atoms with Gasteiger partial charge in [0, 0.05) is 10.6 Å². The van der Waals surface area contributed by atoms with Gasteiger partial charge in [0.2, 0.25) is 17.6 Å². The number of hydrogen-bond acceptors (Lipinski definition) is 4. The van der Waals surface area contributed by atoms with E-state index in [4.69, 9.17) is 16.1 Å². The van der Waals surface area contributed by atoms with E-state index in [-0.39, 0.29) is 12.5 Å². The maximum Gasteiger partial charge on any atom is 0.246 e. The first kappa shape index (κ1) is 17.2. The number of nitrogens with zero attached hydrogens (tertiary/aromatic N) is 2. The molecule has 25 heavy (non-hydrogen) atoms. The molecule has 6 heteroatoms. The van der Waals surface area contributed by atoms with Crippen molar-refractivity contribution in [3.8, 4) is 11.4 Å². The van der Waals surface area contributed by atoms with Gasteiger partial charge in [0.15, 0.2) is 0 Å². The van der Waals surface area contributed by atoms with Crippen molar-refractivity contribution in [3.63, 3.8) is 0 Å². The molecule has 0 saturated carbocycles. The monoisotopic (exact) mass is 355 g/mol. The Morgan fingerprint density at radius 2 is 1.92 bits per heavy atom. The summed E-state index contributed by atoms with van der Waals surface area (Å²) in [4.78, 5) is 16.4. The minimum atomic E-state index is -0.0850. The van der Waals surface area contributed by atoms with Crippen LogP contribution in [0.4, 0.5) is 0 Å². The predicted octanol–water partition coefficient (Wildman–Crippen LogP) is 3.87. The van der Waals surface area contributed by atoms with Crippen molar-refractivity contribution in [2.75, 3.05) is 0 Å². The first-order valence-corrected chi connectivity index (χ1v) is 8.30. The number of rotatable bonds is 5. The summed E-state index contributed by atoms with van der Waals surface area (Å²) in [6, 6.07) is 13.2. The van der Waals surface area contributed by atoms with Crippen LogP contribution in [0.5, 0.6) is 0 Å². The standard InChI is InChI=1S/C19H18ClN3O2/c1-12-3-4-15(13(2)9-12)10-17(24)21-11-18-22-19(23-25-18)14-5-7-16(20)8-6-14/h3-9H,10-11H2,1-2H3,(H,21,24). The van der Waals surface area contributed by atoms with Gasteiger partial charge in [-0.05, 0) is 49.2 Å². The molecule has 1 aromatic heterocycles. The van der Waals surface area contributed by atoms with E-state index in [9.17, 15) is 4.79 Å². The Morgan fingerprint density at radius 3 is 2.64 bits per heavy atom. The second-order valence-corrected chi connectivity index (χ2v) is 6.34. The Bertz CT molecular complexity index is 888. The predicted molar refractivity (Wildman–Crippen MR) is 96.2 cm³/mol. The van der Waals surface area contributed by atoms with Gasteiger partial charge < -0.3 is 9.84 Å². The number of amides is 1. The molecule has 0 bridgehead atoms. The maximum atomic E-state index is 12.1. The number of benzene rings is 2. The zero-order valence-electron chi connectivity index (χ0n) is 14.0. The van der Waals surface area contributed by atoms with Crippen LogP contribution in [0.15, 0.2) is 47.0 Å². The molecule has 3 aromatic rings. The van der Waals surface area contributed by atoms with Crippen molar-refractivity contribution in [3.05, 3.63) is 70.1 Å². The van der Waals surface area contributed by atoms with Crippen molar-refractivity contribution in [2.24, 2.45) is 0 Å². The van der Waals surface area contributed by atoms with E-state index in [1.807, 2.05) is 38.1 Å². The summed E-state index contributed by atoms with van der Waals surface area (Å²) in [6.45, 7) is 4.24. The highest BCUT2D eigenvalue weighted by Crippen LogP contribution is 2.18. The SMILES string of the molecule is Cc1ccc(CC(=O)NCc2nc(-c3ccc(Cl)cc3)no2)c(C)c1. The molecule has 0 fully saturated rings. The van der Waals surface area contributed by atoms with Gasteiger partial charge in [-0.25, -0.2) is 0 Å². The summed E-state index contributed by atoms with van der Waals surface area (Å²) >= 11 is 5.86. The molecule has 0 aliphatic rings. The third-order valence-corrected chi connectivity index (χ3v) is 4.11. The molecule has 0 aliphatic heterocycles. The molecular formula is C19H18ClN3O2. The molecule has 0 radical (unpaired) electrons. The quantitative estimate of drug-likeness (QED) is 0.754. The average Bonchev–Trinajstić information content (AvgIpc) is 3.05. The lowest BCUT2D eigenvalue weighted by Crippen LogP contribution is -2.25. The van der Waals surface area contributed by atoms with Crippen molar-refractivity contribution >= 4 is 17.5 Å². The van der Waals surface area contributed by atoms with Crippen LogP contribution in [0.2, 0.25) is 5.02 Å². The van der Waals surface area contributed by atoms with Crippen LogP contribution in [-0.2, 0) is 17.8 Å². The summed E-state index contributed by atoms with van der Waals surface area (Å²) in [6.07, 6.45) is 0.324. The van der Waals surface area contributed by atoms with E-state index in [0.29, 0.717) is 23.2 Å². The molecule has 0 atom stereocenters. The fourth-order valence-corrected chi connectivity index (χ4v) is 2.62. The molecule has 0 saturated heterocycles. The van der Waals surface area contributed by atoms with Gasteiger partial charge in [-0.2, -0.15) is 4.98 Å². The van der Waals surface area contributed by atoms with Crippen LogP contribution in [0.1, 0.15) is 22.6 Å². The van der Waals surface area contributed by atoms with Gasteiger partial charge in [-0.3, -0.25) is 4.79 Å². The zero-order chi connectivity index (χ0) is 17.8. The first-order valence-electron chi connectivity index (χ1n) is 7.92. The van der Waals surface area contributed by atoms with Crippen molar-refractivity contribution in [1.82, 2.24) is 15.5 Å². The molecule has 1 heterocycles. The number of hydrogen-bond donors (Lipinski definition) is 1. The molecule has 128 valence electrons. The maximum absolute atomic E-state index is 12.1. The lowest BCUT2D eigenvalue weighted by atomic mass is 10.0. The fourth-order valence-electron chi connectivity index (χ4n) is 2.50. The average molecular weight is 356 g/mol. The lowest BCUT2D eigenvalue weighted by molar-refractivity contribution is -0.120. The van der Waals surface area contributed by atoms with Crippen molar-refractivity contribution < 1.29 is 9.32 Å². The Balaban J connectivity index is 1.58. The molecule has 1 amide bonds. The number of aryl methyl sites for hydroxylation is 2. The van der Waals surface area contributed by atoms with Crippen LogP contribution in [-0.4, -0.2) is 16.0 Å². The smallest absolute Gasteiger partial charge is 0.246 e. The summed E-state index contributed by atoms with van der Waals surface area (Å²) in [7, 11) is 0. The largest absolute Gasteiger partial charge is 0.347 e. The highest BCUT2D eigenvalue weighted by atomic mass is 35.5. The van der Waals surface area contributed by atoms with E-state index in [2.05, 4.69) is 21.5 Å². The van der Waals surface area contributed by atoms with Crippen molar-refractivity contribution in [2.45, 2.75) is 26.8 Å². The minimum absolute atomic E-state index is 0.0850. The summed E-state index contributed by atoms with van der Waals surface area (Å²) in [5.41, 5.74) is 4.11. The Hall–Kier alpha value is -2.66. The topological polar surface area (TPSA) is 68.0 Å². The first-order chi connectivity index (χ1) is 12.0. The van der Waals surface area contributed by atoms with E-state index in [0.717, 1.165) is 16.7 Å². The summed E-state index contributed by atoms with van der Waals surface area (Å²) in [5, 5.41) is 7.37. The normalized spacial score (nSPS) is 10.7. The Labute approximate surface area is 151 Å². The van der Waals surface area contributed by atoms with Gasteiger partial charge in [0.05, 0.1) is 13.0 Å². The van der Waals surface area contributed by atoms with E-state index in [1.54, 1.807) is 12.1 Å². The third kappa shape index (κ3) is 4.45. The molecular weight excluding hydrogens is 338 g/mol. The van der Waals surface area contributed by atoms with Gasteiger partial charge in [0.1, 0.15) is 0 Å². The van der Waals surface area contributed by atoms with Gasteiger partial charge in [-0.15, -0.1) is 0 Å². The third-order valence-electron chi connectivity index (χ3n) is 3.86. The summed E-state index contributed by atoms with van der Waals surface area (Å²) < 4.78 is 5.18. The highest BCUT2D eigenvalue weighted by Gasteiger charge is 2.11. The van der Waals surface area contributed by atoms with Crippen LogP contribution >= 0.6 is 11.6 Å². The van der Waals surface area contributed by atoms with Crippen LogP contribution < -0.4 is 5.32 Å². The number of carbonyl (C=O) groups is 1. The van der Waals surface area contributed by atoms with Gasteiger partial charge in [-0.1, -0.05) is 40.5 Å². The number of halogens is 1. The van der Waals surface area contributed by atoms with Crippen LogP contribution in [0.3, 0.4) is 0 Å².